The predicted octanol–water partition coefficient (Wildman–Crippen LogP) is 6.89. The summed E-state index contributed by atoms with van der Waals surface area (Å²) in [6, 6.07) is 0. The van der Waals surface area contributed by atoms with E-state index in [4.69, 9.17) is 0 Å². The van der Waals surface area contributed by atoms with Crippen molar-refractivity contribution in [3.8, 4) is 0 Å². The summed E-state index contributed by atoms with van der Waals surface area (Å²) in [6.07, 6.45) is 15.4. The average Bonchev–Trinajstić information content (AvgIpc) is 2.65. The van der Waals surface area contributed by atoms with Gasteiger partial charge in [-0.1, -0.05) is 72.6 Å². The van der Waals surface area contributed by atoms with Gasteiger partial charge >= 0.3 is 0 Å². The average molecular weight is 385 g/mol. The highest BCUT2D eigenvalue weighted by Gasteiger charge is 2.26. The lowest BCUT2D eigenvalue weighted by Crippen LogP contribution is -2.22. The first kappa shape index (κ1) is 30.5. The molecule has 0 spiro atoms. The maximum atomic E-state index is 12.3. The third-order valence-corrected chi connectivity index (χ3v) is 5.72. The van der Waals surface area contributed by atoms with Crippen LogP contribution in [-0.4, -0.2) is 23.8 Å². The van der Waals surface area contributed by atoms with Gasteiger partial charge in [0, 0.05) is 1.43 Å². The van der Waals surface area contributed by atoms with Gasteiger partial charge in [-0.25, -0.2) is 4.39 Å². The molecule has 0 amide bonds. The number of hydrogen-bond donors (Lipinski definition) is 0. The van der Waals surface area contributed by atoms with Gasteiger partial charge in [-0.2, -0.15) is 0 Å². The zero-order chi connectivity index (χ0) is 18.2. The fourth-order valence-electron chi connectivity index (χ4n) is 4.03. The van der Waals surface area contributed by atoms with Crippen LogP contribution in [0.5, 0.6) is 0 Å². The lowest BCUT2D eigenvalue weighted by molar-refractivity contribution is 0.173. The Hall–Kier alpha value is -0.220. The molecule has 2 nitrogen and oxygen atoms in total. The zero-order valence-corrected chi connectivity index (χ0v) is 18.0. The summed E-state index contributed by atoms with van der Waals surface area (Å²) in [7, 11) is 0. The van der Waals surface area contributed by atoms with Crippen LogP contribution in [0.2, 0.25) is 0 Å². The molecule has 2 aliphatic carbocycles. The summed E-state index contributed by atoms with van der Waals surface area (Å²) in [5.74, 6) is 3.28. The van der Waals surface area contributed by atoms with Gasteiger partial charge < -0.3 is 11.0 Å². The molecular weight excluding hydrogens is 334 g/mol. The predicted molar refractivity (Wildman–Crippen MR) is 113 cm³/mol. The molecule has 0 aliphatic heterocycles. The lowest BCUT2D eigenvalue weighted by Gasteiger charge is -2.34. The first-order chi connectivity index (χ1) is 11.7. The standard InChI is InChI=1S/C13H24.C7H14F2.C2H6.2H2O.H2/c1-11-7-9-13(10-8-11)12-5-3-2-4-6-12;1-2-7(9)5-3-4-6-8;1-2;;;/h11-13H,2-10H2,1H3;7H,2-6H2,1H3;1-2H3;2*1H2;1H. The van der Waals surface area contributed by atoms with Crippen LogP contribution in [-0.2, 0) is 0 Å². The maximum absolute atomic E-state index is 12.3. The van der Waals surface area contributed by atoms with Crippen LogP contribution in [0.4, 0.5) is 8.78 Å². The number of rotatable bonds is 6. The summed E-state index contributed by atoms with van der Waals surface area (Å²) in [6.45, 7) is 7.92. The molecule has 2 rings (SSSR count). The molecule has 0 aromatic carbocycles. The summed E-state index contributed by atoms with van der Waals surface area (Å²) in [5.41, 5.74) is 0. The molecule has 0 radical (unpaired) electrons. The number of halogens is 2. The Labute approximate surface area is 163 Å². The van der Waals surface area contributed by atoms with Crippen LogP contribution in [0.25, 0.3) is 0 Å². The molecule has 4 heteroatoms. The van der Waals surface area contributed by atoms with Gasteiger partial charge in [-0.3, -0.25) is 4.39 Å². The van der Waals surface area contributed by atoms with Crippen LogP contribution in [0.15, 0.2) is 0 Å². The highest BCUT2D eigenvalue weighted by atomic mass is 19.1. The summed E-state index contributed by atoms with van der Waals surface area (Å²) in [5, 5.41) is 0. The van der Waals surface area contributed by atoms with E-state index in [1.165, 1.54) is 32.1 Å². The third-order valence-electron chi connectivity index (χ3n) is 5.72. The fourth-order valence-corrected chi connectivity index (χ4v) is 4.03. The molecule has 164 valence electrons. The molecule has 0 heterocycles. The van der Waals surface area contributed by atoms with Crippen molar-refractivity contribution in [1.29, 1.82) is 0 Å². The van der Waals surface area contributed by atoms with Gasteiger partial charge in [-0.15, -0.1) is 0 Å². The van der Waals surface area contributed by atoms with E-state index in [2.05, 4.69) is 6.92 Å². The van der Waals surface area contributed by atoms with E-state index in [0.717, 1.165) is 17.8 Å². The molecule has 2 aliphatic rings. The number of alkyl halides is 2. The minimum atomic E-state index is -0.712. The van der Waals surface area contributed by atoms with Crippen molar-refractivity contribution in [1.82, 2.24) is 0 Å². The van der Waals surface area contributed by atoms with Crippen molar-refractivity contribution < 1.29 is 21.2 Å². The smallest absolute Gasteiger partial charge is 0.0999 e. The van der Waals surface area contributed by atoms with E-state index in [1.54, 1.807) is 32.6 Å². The van der Waals surface area contributed by atoms with Crippen molar-refractivity contribution in [3.05, 3.63) is 0 Å². The van der Waals surface area contributed by atoms with Gasteiger partial charge in [0.25, 0.3) is 0 Å². The summed E-state index contributed by atoms with van der Waals surface area (Å²) < 4.78 is 23.8. The van der Waals surface area contributed by atoms with Crippen LogP contribution in [0, 0.1) is 17.8 Å². The van der Waals surface area contributed by atoms with Gasteiger partial charge in [-0.05, 0) is 56.3 Å². The Bertz CT molecular complexity index is 257. The minimum Gasteiger partial charge on any atom is -0.412 e. The minimum absolute atomic E-state index is 0. The fraction of sp³-hybridized carbons (Fsp3) is 1.00. The van der Waals surface area contributed by atoms with Crippen molar-refractivity contribution in [2.75, 3.05) is 6.67 Å². The van der Waals surface area contributed by atoms with Gasteiger partial charge in [0.15, 0.2) is 0 Å². The Kier molecular flexibility index (Phi) is 24.7. The molecule has 26 heavy (non-hydrogen) atoms. The van der Waals surface area contributed by atoms with Crippen LogP contribution < -0.4 is 0 Å². The van der Waals surface area contributed by atoms with Crippen molar-refractivity contribution in [2.24, 2.45) is 17.8 Å². The largest absolute Gasteiger partial charge is 0.412 e. The Morgan fingerprint density at radius 3 is 1.81 bits per heavy atom. The third kappa shape index (κ3) is 14.9. The molecule has 0 aromatic heterocycles. The van der Waals surface area contributed by atoms with Gasteiger partial charge in [0.1, 0.15) is 0 Å². The normalized spacial score (nSPS) is 23.8. The van der Waals surface area contributed by atoms with Crippen LogP contribution >= 0.6 is 0 Å². The molecular formula is C22H50F2O2. The maximum Gasteiger partial charge on any atom is 0.0999 e. The van der Waals surface area contributed by atoms with Crippen LogP contribution in [0.1, 0.15) is 113 Å². The molecule has 4 N–H and O–H groups in total. The Morgan fingerprint density at radius 2 is 1.35 bits per heavy atom. The zero-order valence-electron chi connectivity index (χ0n) is 18.0. The topological polar surface area (TPSA) is 63.0 Å². The van der Waals surface area contributed by atoms with E-state index in [0.29, 0.717) is 25.7 Å². The summed E-state index contributed by atoms with van der Waals surface area (Å²) >= 11 is 0. The number of hydrogen-bond acceptors (Lipinski definition) is 0. The second-order valence-electron chi connectivity index (χ2n) is 7.61. The van der Waals surface area contributed by atoms with Gasteiger partial charge in [0.2, 0.25) is 0 Å². The van der Waals surface area contributed by atoms with Crippen molar-refractivity contribution >= 4 is 0 Å². The van der Waals surface area contributed by atoms with E-state index < -0.39 is 6.17 Å². The molecule has 2 fully saturated rings. The van der Waals surface area contributed by atoms with Crippen molar-refractivity contribution in [3.63, 3.8) is 0 Å². The highest BCUT2D eigenvalue weighted by Crippen LogP contribution is 2.39. The summed E-state index contributed by atoms with van der Waals surface area (Å²) in [4.78, 5) is 0. The lowest BCUT2D eigenvalue weighted by atomic mass is 9.71. The van der Waals surface area contributed by atoms with E-state index in [9.17, 15) is 8.78 Å². The van der Waals surface area contributed by atoms with E-state index in [1.807, 2.05) is 13.8 Å². The first-order valence-electron chi connectivity index (χ1n) is 10.9. The van der Waals surface area contributed by atoms with E-state index in [-0.39, 0.29) is 19.1 Å². The molecule has 0 saturated heterocycles. The molecule has 1 atom stereocenters. The van der Waals surface area contributed by atoms with Crippen molar-refractivity contribution in [2.45, 2.75) is 117 Å². The second kappa shape index (κ2) is 21.1. The number of unbranched alkanes of at least 4 members (excludes halogenated alkanes) is 1. The molecule has 1 unspecified atom stereocenters. The molecule has 0 aromatic rings. The monoisotopic (exact) mass is 384 g/mol. The second-order valence-corrected chi connectivity index (χ2v) is 7.61. The molecule has 2 saturated carbocycles. The SMILES string of the molecule is CC.CC1CCC(C2CCCCC2)CC1.CCC(F)CCCCF.O.O.[HH]. The Balaban J connectivity index is -0.000000171. The highest BCUT2D eigenvalue weighted by molar-refractivity contribution is 4.78. The van der Waals surface area contributed by atoms with Crippen LogP contribution in [0.3, 0.4) is 0 Å². The van der Waals surface area contributed by atoms with E-state index >= 15 is 0 Å². The first-order valence-corrected chi connectivity index (χ1v) is 10.9. The molecule has 0 bridgehead atoms. The quantitative estimate of drug-likeness (QED) is 0.448. The Morgan fingerprint density at radius 1 is 0.846 bits per heavy atom. The van der Waals surface area contributed by atoms with Gasteiger partial charge in [0.05, 0.1) is 12.8 Å².